The highest BCUT2D eigenvalue weighted by molar-refractivity contribution is 5.79. The maximum absolute atomic E-state index is 12.7. The summed E-state index contributed by atoms with van der Waals surface area (Å²) in [4.78, 5) is 31.0. The normalized spacial score (nSPS) is 19.5. The van der Waals surface area contributed by atoms with Crippen molar-refractivity contribution in [1.29, 1.82) is 0 Å². The fourth-order valence-corrected chi connectivity index (χ4v) is 4.31. The van der Waals surface area contributed by atoms with Gasteiger partial charge in [0.2, 0.25) is 11.8 Å². The maximum atomic E-state index is 12.7. The number of hydrogen-bond donors (Lipinski definition) is 1. The highest BCUT2D eigenvalue weighted by atomic mass is 16.2. The van der Waals surface area contributed by atoms with Crippen molar-refractivity contribution >= 4 is 11.8 Å². The van der Waals surface area contributed by atoms with E-state index < -0.39 is 0 Å². The molecule has 1 aromatic rings. The van der Waals surface area contributed by atoms with Gasteiger partial charge in [-0.3, -0.25) is 19.4 Å². The van der Waals surface area contributed by atoms with Crippen molar-refractivity contribution in [3.63, 3.8) is 0 Å². The quantitative estimate of drug-likeness (QED) is 0.756. The Kier molecular flexibility index (Phi) is 8.07. The molecule has 0 atom stereocenters. The zero-order valence-electron chi connectivity index (χ0n) is 18.0. The largest absolute Gasteiger partial charge is 0.353 e. The van der Waals surface area contributed by atoms with Crippen LogP contribution in [0.1, 0.15) is 32.3 Å². The highest BCUT2D eigenvalue weighted by Crippen LogP contribution is 2.21. The number of piperidine rings is 1. The summed E-state index contributed by atoms with van der Waals surface area (Å²) >= 11 is 0. The summed E-state index contributed by atoms with van der Waals surface area (Å²) in [5.41, 5.74) is 1.42. The van der Waals surface area contributed by atoms with Crippen molar-refractivity contribution in [2.24, 2.45) is 5.92 Å². The molecule has 0 aromatic heterocycles. The van der Waals surface area contributed by atoms with E-state index in [2.05, 4.69) is 45.4 Å². The van der Waals surface area contributed by atoms with Crippen molar-refractivity contribution in [2.45, 2.75) is 39.2 Å². The van der Waals surface area contributed by atoms with Gasteiger partial charge in [-0.25, -0.2) is 0 Å². The predicted octanol–water partition coefficient (Wildman–Crippen LogP) is 1.61. The Bertz CT molecular complexity index is 648. The summed E-state index contributed by atoms with van der Waals surface area (Å²) in [6.07, 6.45) is 3.48. The fourth-order valence-electron chi connectivity index (χ4n) is 4.31. The summed E-state index contributed by atoms with van der Waals surface area (Å²) in [6.45, 7) is 9.92. The topological polar surface area (TPSA) is 55.9 Å². The molecule has 2 aliphatic heterocycles. The Morgan fingerprint density at radius 1 is 0.931 bits per heavy atom. The minimum absolute atomic E-state index is 0.0677. The van der Waals surface area contributed by atoms with Crippen LogP contribution in [0, 0.1) is 5.92 Å². The summed E-state index contributed by atoms with van der Waals surface area (Å²) < 4.78 is 0. The Hall–Kier alpha value is -1.92. The molecule has 0 spiro atoms. The number of nitrogens with zero attached hydrogens (tertiary/aromatic N) is 3. The van der Waals surface area contributed by atoms with E-state index in [4.69, 9.17) is 0 Å². The third-order valence-corrected chi connectivity index (χ3v) is 5.98. The summed E-state index contributed by atoms with van der Waals surface area (Å²) in [5, 5.41) is 2.93. The van der Waals surface area contributed by atoms with Gasteiger partial charge in [-0.1, -0.05) is 30.3 Å². The predicted molar refractivity (Wildman–Crippen MR) is 116 cm³/mol. The number of amides is 2. The van der Waals surface area contributed by atoms with Gasteiger partial charge in [0.05, 0.1) is 13.1 Å². The first-order chi connectivity index (χ1) is 14.0. The second kappa shape index (κ2) is 10.7. The van der Waals surface area contributed by atoms with Gasteiger partial charge in [-0.05, 0) is 57.7 Å². The van der Waals surface area contributed by atoms with Crippen LogP contribution >= 0.6 is 0 Å². The Balaban J connectivity index is 1.34. The molecular weight excluding hydrogens is 364 g/mol. The van der Waals surface area contributed by atoms with Crippen molar-refractivity contribution in [1.82, 2.24) is 20.0 Å². The third-order valence-electron chi connectivity index (χ3n) is 5.98. The first kappa shape index (κ1) is 21.8. The Labute approximate surface area is 175 Å². The molecule has 6 heteroatoms. The number of piperazine rings is 1. The number of hydrogen-bond acceptors (Lipinski definition) is 4. The standard InChI is InChI=1S/C23H36N4O2/c1-19(2)24-22(28)17-26-12-14-27(15-13-26)23(29)18-25-10-8-21(9-11-25)16-20-6-4-3-5-7-20/h3-7,19,21H,8-18H2,1-2H3,(H,24,28). The molecule has 3 rings (SSSR count). The zero-order valence-corrected chi connectivity index (χ0v) is 18.0. The van der Waals surface area contributed by atoms with Crippen LogP contribution in [0.25, 0.3) is 0 Å². The minimum atomic E-state index is 0.0677. The Morgan fingerprint density at radius 2 is 1.55 bits per heavy atom. The molecule has 0 unspecified atom stereocenters. The molecule has 0 aliphatic carbocycles. The SMILES string of the molecule is CC(C)NC(=O)CN1CCN(C(=O)CN2CCC(Cc3ccccc3)CC2)CC1. The van der Waals surface area contributed by atoms with Crippen LogP contribution in [0.5, 0.6) is 0 Å². The van der Waals surface area contributed by atoms with Gasteiger partial charge >= 0.3 is 0 Å². The first-order valence-corrected chi connectivity index (χ1v) is 11.1. The lowest BCUT2D eigenvalue weighted by atomic mass is 9.90. The molecule has 2 amide bonds. The number of likely N-dealkylation sites (tertiary alicyclic amines) is 1. The number of benzene rings is 1. The van der Waals surface area contributed by atoms with Crippen molar-refractivity contribution in [2.75, 3.05) is 52.4 Å². The van der Waals surface area contributed by atoms with Crippen LogP contribution in [-0.2, 0) is 16.0 Å². The van der Waals surface area contributed by atoms with E-state index in [9.17, 15) is 9.59 Å². The van der Waals surface area contributed by atoms with Gasteiger partial charge < -0.3 is 10.2 Å². The minimum Gasteiger partial charge on any atom is -0.353 e. The van der Waals surface area contributed by atoms with E-state index in [1.165, 1.54) is 18.4 Å². The number of nitrogens with one attached hydrogen (secondary N) is 1. The maximum Gasteiger partial charge on any atom is 0.236 e. The van der Waals surface area contributed by atoms with E-state index in [-0.39, 0.29) is 17.9 Å². The molecule has 2 aliphatic rings. The van der Waals surface area contributed by atoms with Crippen molar-refractivity contribution < 1.29 is 9.59 Å². The second-order valence-electron chi connectivity index (χ2n) is 8.79. The number of carbonyl (C=O) groups is 2. The van der Waals surface area contributed by atoms with Crippen LogP contribution in [0.4, 0.5) is 0 Å². The molecule has 2 saturated heterocycles. The van der Waals surface area contributed by atoms with Gasteiger partial charge in [0.15, 0.2) is 0 Å². The smallest absolute Gasteiger partial charge is 0.236 e. The average Bonchev–Trinajstić information content (AvgIpc) is 2.70. The molecule has 0 bridgehead atoms. The van der Waals surface area contributed by atoms with Crippen LogP contribution in [0.2, 0.25) is 0 Å². The molecule has 1 aromatic carbocycles. The number of rotatable bonds is 7. The fraction of sp³-hybridized carbons (Fsp3) is 0.652. The zero-order chi connectivity index (χ0) is 20.6. The summed E-state index contributed by atoms with van der Waals surface area (Å²) in [6, 6.07) is 10.9. The van der Waals surface area contributed by atoms with Crippen LogP contribution in [0.3, 0.4) is 0 Å². The van der Waals surface area contributed by atoms with Crippen LogP contribution < -0.4 is 5.32 Å². The Morgan fingerprint density at radius 3 is 2.17 bits per heavy atom. The second-order valence-corrected chi connectivity index (χ2v) is 8.79. The van der Waals surface area contributed by atoms with E-state index >= 15 is 0 Å². The average molecular weight is 401 g/mol. The van der Waals surface area contributed by atoms with Gasteiger partial charge in [0, 0.05) is 32.2 Å². The molecular formula is C23H36N4O2. The van der Waals surface area contributed by atoms with Gasteiger partial charge in [0.25, 0.3) is 0 Å². The monoisotopic (exact) mass is 400 g/mol. The lowest BCUT2D eigenvalue weighted by molar-refractivity contribution is -0.134. The van der Waals surface area contributed by atoms with E-state index in [1.54, 1.807) is 0 Å². The highest BCUT2D eigenvalue weighted by Gasteiger charge is 2.26. The molecule has 29 heavy (non-hydrogen) atoms. The number of carbonyl (C=O) groups excluding carboxylic acids is 2. The molecule has 0 radical (unpaired) electrons. The third kappa shape index (κ3) is 7.12. The molecule has 0 saturated carbocycles. The molecule has 160 valence electrons. The molecule has 1 N–H and O–H groups in total. The van der Waals surface area contributed by atoms with Crippen LogP contribution in [-0.4, -0.2) is 84.9 Å². The van der Waals surface area contributed by atoms with Crippen molar-refractivity contribution in [3.05, 3.63) is 35.9 Å². The van der Waals surface area contributed by atoms with Gasteiger partial charge in [-0.15, -0.1) is 0 Å². The lowest BCUT2D eigenvalue weighted by Gasteiger charge is -2.37. The molecule has 2 fully saturated rings. The summed E-state index contributed by atoms with van der Waals surface area (Å²) in [7, 11) is 0. The van der Waals surface area contributed by atoms with Crippen LogP contribution in [0.15, 0.2) is 30.3 Å². The summed E-state index contributed by atoms with van der Waals surface area (Å²) in [5.74, 6) is 1.03. The van der Waals surface area contributed by atoms with Crippen molar-refractivity contribution in [3.8, 4) is 0 Å². The lowest BCUT2D eigenvalue weighted by Crippen LogP contribution is -2.53. The van der Waals surface area contributed by atoms with E-state index in [0.29, 0.717) is 13.1 Å². The molecule has 6 nitrogen and oxygen atoms in total. The first-order valence-electron chi connectivity index (χ1n) is 11.1. The van der Waals surface area contributed by atoms with E-state index in [0.717, 1.165) is 51.6 Å². The van der Waals surface area contributed by atoms with Gasteiger partial charge in [-0.2, -0.15) is 0 Å². The molecule has 2 heterocycles. The van der Waals surface area contributed by atoms with E-state index in [1.807, 2.05) is 18.7 Å². The van der Waals surface area contributed by atoms with Gasteiger partial charge in [0.1, 0.15) is 0 Å².